The number of aromatic nitrogens is 2. The predicted molar refractivity (Wildman–Crippen MR) is 73.4 cm³/mol. The molecule has 0 aliphatic heterocycles. The number of aryl methyl sites for hydroxylation is 1. The van der Waals surface area contributed by atoms with Crippen molar-refractivity contribution in [2.75, 3.05) is 10.5 Å². The van der Waals surface area contributed by atoms with E-state index >= 15 is 0 Å². The maximum absolute atomic E-state index is 12.2. The third-order valence-corrected chi connectivity index (χ3v) is 4.00. The van der Waals surface area contributed by atoms with E-state index in [-0.39, 0.29) is 16.1 Å². The Bertz CT molecular complexity index is 766. The van der Waals surface area contributed by atoms with Gasteiger partial charge in [0, 0.05) is 18.8 Å². The van der Waals surface area contributed by atoms with E-state index < -0.39 is 15.9 Å². The van der Waals surface area contributed by atoms with E-state index in [9.17, 15) is 13.2 Å². The Morgan fingerprint density at radius 1 is 1.40 bits per heavy atom. The van der Waals surface area contributed by atoms with Crippen molar-refractivity contribution < 1.29 is 13.2 Å². The number of sulfonamides is 1. The van der Waals surface area contributed by atoms with Gasteiger partial charge in [-0.3, -0.25) is 14.2 Å². The molecule has 0 aliphatic rings. The summed E-state index contributed by atoms with van der Waals surface area (Å²) in [6.45, 7) is 0. The number of primary amides is 1. The zero-order valence-corrected chi connectivity index (χ0v) is 11.4. The average molecular weight is 295 g/mol. The van der Waals surface area contributed by atoms with E-state index in [1.807, 2.05) is 0 Å². The Morgan fingerprint density at radius 3 is 2.60 bits per heavy atom. The second kappa shape index (κ2) is 4.85. The lowest BCUT2D eigenvalue weighted by Gasteiger charge is -2.09. The largest absolute Gasteiger partial charge is 0.398 e. The van der Waals surface area contributed by atoms with Crippen LogP contribution < -0.4 is 16.2 Å². The van der Waals surface area contributed by atoms with Crippen LogP contribution in [-0.4, -0.2) is 24.1 Å². The molecule has 9 heteroatoms. The van der Waals surface area contributed by atoms with Gasteiger partial charge in [0.05, 0.1) is 17.6 Å². The number of nitrogens with one attached hydrogen (secondary N) is 1. The highest BCUT2D eigenvalue weighted by Crippen LogP contribution is 2.22. The maximum Gasteiger partial charge on any atom is 0.264 e. The van der Waals surface area contributed by atoms with Gasteiger partial charge < -0.3 is 11.5 Å². The molecule has 1 amide bonds. The third kappa shape index (κ3) is 2.72. The van der Waals surface area contributed by atoms with E-state index in [1.54, 1.807) is 7.05 Å². The van der Waals surface area contributed by atoms with Crippen LogP contribution in [-0.2, 0) is 17.1 Å². The summed E-state index contributed by atoms with van der Waals surface area (Å²) < 4.78 is 28.1. The molecule has 2 aromatic rings. The SMILES string of the molecule is Cn1cc(NS(=O)(=O)c2ccc(C(N)=O)cc2N)cn1. The Balaban J connectivity index is 2.37. The summed E-state index contributed by atoms with van der Waals surface area (Å²) in [7, 11) is -2.19. The molecule has 0 spiro atoms. The van der Waals surface area contributed by atoms with Gasteiger partial charge in [-0.05, 0) is 18.2 Å². The van der Waals surface area contributed by atoms with Crippen molar-refractivity contribution in [3.05, 3.63) is 36.2 Å². The molecular formula is C11H13N5O3S. The highest BCUT2D eigenvalue weighted by Gasteiger charge is 2.19. The number of benzene rings is 1. The number of anilines is 2. The number of carbonyl (C=O) groups is 1. The minimum atomic E-state index is -3.85. The summed E-state index contributed by atoms with van der Waals surface area (Å²) in [5.74, 6) is -0.680. The molecule has 1 heterocycles. The fraction of sp³-hybridized carbons (Fsp3) is 0.0909. The summed E-state index contributed by atoms with van der Waals surface area (Å²) >= 11 is 0. The molecule has 0 aliphatic carbocycles. The first-order valence-corrected chi connectivity index (χ1v) is 6.99. The topological polar surface area (TPSA) is 133 Å². The molecule has 0 atom stereocenters. The summed E-state index contributed by atoms with van der Waals surface area (Å²) in [6, 6.07) is 3.75. The van der Waals surface area contributed by atoms with Crippen molar-refractivity contribution in [3.63, 3.8) is 0 Å². The number of hydrogen-bond donors (Lipinski definition) is 3. The lowest BCUT2D eigenvalue weighted by Crippen LogP contribution is -2.16. The standard InChI is InChI=1S/C11H13N5O3S/c1-16-6-8(5-14-16)15-20(18,19)10-3-2-7(11(13)17)4-9(10)12/h2-6,15H,12H2,1H3,(H2,13,17). The second-order valence-corrected chi connectivity index (χ2v) is 5.78. The zero-order chi connectivity index (χ0) is 14.9. The Labute approximate surface area is 115 Å². The number of amides is 1. The van der Waals surface area contributed by atoms with Crippen molar-refractivity contribution in [2.24, 2.45) is 12.8 Å². The Kier molecular flexibility index (Phi) is 3.36. The molecule has 0 saturated carbocycles. The number of carbonyl (C=O) groups excluding carboxylic acids is 1. The van der Waals surface area contributed by atoms with Crippen LogP contribution in [0.25, 0.3) is 0 Å². The number of rotatable bonds is 4. The minimum absolute atomic E-state index is 0.0577. The van der Waals surface area contributed by atoms with Crippen LogP contribution in [0.15, 0.2) is 35.5 Å². The van der Waals surface area contributed by atoms with Crippen LogP contribution in [0.4, 0.5) is 11.4 Å². The van der Waals surface area contributed by atoms with E-state index in [2.05, 4.69) is 9.82 Å². The molecule has 106 valence electrons. The minimum Gasteiger partial charge on any atom is -0.398 e. The zero-order valence-electron chi connectivity index (χ0n) is 10.6. The van der Waals surface area contributed by atoms with E-state index in [0.29, 0.717) is 5.69 Å². The van der Waals surface area contributed by atoms with Crippen LogP contribution in [0.3, 0.4) is 0 Å². The Morgan fingerprint density at radius 2 is 2.10 bits per heavy atom. The molecule has 0 radical (unpaired) electrons. The van der Waals surface area contributed by atoms with Crippen molar-refractivity contribution in [3.8, 4) is 0 Å². The van der Waals surface area contributed by atoms with Gasteiger partial charge in [-0.15, -0.1) is 0 Å². The van der Waals surface area contributed by atoms with Gasteiger partial charge in [0.1, 0.15) is 4.90 Å². The van der Waals surface area contributed by atoms with Crippen molar-refractivity contribution >= 4 is 27.3 Å². The highest BCUT2D eigenvalue weighted by molar-refractivity contribution is 7.92. The lowest BCUT2D eigenvalue weighted by molar-refractivity contribution is 0.1000. The molecule has 0 fully saturated rings. The van der Waals surface area contributed by atoms with Crippen LogP contribution in [0.2, 0.25) is 0 Å². The van der Waals surface area contributed by atoms with Gasteiger partial charge in [0.15, 0.2) is 0 Å². The third-order valence-electron chi connectivity index (χ3n) is 2.54. The number of hydrogen-bond acceptors (Lipinski definition) is 5. The van der Waals surface area contributed by atoms with E-state index in [4.69, 9.17) is 11.5 Å². The molecule has 0 bridgehead atoms. The summed E-state index contributed by atoms with van der Waals surface area (Å²) in [6.07, 6.45) is 2.87. The van der Waals surface area contributed by atoms with E-state index in [1.165, 1.54) is 35.3 Å². The fourth-order valence-electron chi connectivity index (χ4n) is 1.63. The monoisotopic (exact) mass is 295 g/mol. The average Bonchev–Trinajstić information content (AvgIpc) is 2.73. The first-order chi connectivity index (χ1) is 9.29. The molecule has 20 heavy (non-hydrogen) atoms. The predicted octanol–water partition coefficient (Wildman–Crippen LogP) is -0.0980. The smallest absolute Gasteiger partial charge is 0.264 e. The normalized spacial score (nSPS) is 11.2. The Hall–Kier alpha value is -2.55. The number of nitrogens with zero attached hydrogens (tertiary/aromatic N) is 2. The van der Waals surface area contributed by atoms with Gasteiger partial charge >= 0.3 is 0 Å². The fourth-order valence-corrected chi connectivity index (χ4v) is 2.77. The molecule has 5 N–H and O–H groups in total. The number of nitrogens with two attached hydrogens (primary N) is 2. The molecule has 8 nitrogen and oxygen atoms in total. The maximum atomic E-state index is 12.2. The molecule has 0 unspecified atom stereocenters. The van der Waals surface area contributed by atoms with Gasteiger partial charge in [-0.1, -0.05) is 0 Å². The molecule has 1 aromatic heterocycles. The summed E-state index contributed by atoms with van der Waals surface area (Å²) in [5, 5.41) is 3.85. The quantitative estimate of drug-likeness (QED) is 0.677. The second-order valence-electron chi connectivity index (χ2n) is 4.13. The van der Waals surface area contributed by atoms with Crippen LogP contribution in [0, 0.1) is 0 Å². The van der Waals surface area contributed by atoms with Gasteiger partial charge in [0.2, 0.25) is 5.91 Å². The van der Waals surface area contributed by atoms with Crippen LogP contribution in [0.1, 0.15) is 10.4 Å². The summed E-state index contributed by atoms with van der Waals surface area (Å²) in [5.41, 5.74) is 11.1. The van der Waals surface area contributed by atoms with Gasteiger partial charge in [0.25, 0.3) is 10.0 Å². The number of nitrogen functional groups attached to an aromatic ring is 1. The molecule has 0 saturated heterocycles. The molecule has 2 rings (SSSR count). The molecule has 1 aromatic carbocycles. The highest BCUT2D eigenvalue weighted by atomic mass is 32.2. The first kappa shape index (κ1) is 13.9. The van der Waals surface area contributed by atoms with Crippen LogP contribution >= 0.6 is 0 Å². The lowest BCUT2D eigenvalue weighted by atomic mass is 10.2. The first-order valence-electron chi connectivity index (χ1n) is 5.50. The van der Waals surface area contributed by atoms with Crippen molar-refractivity contribution in [1.29, 1.82) is 0 Å². The summed E-state index contributed by atoms with van der Waals surface area (Å²) in [4.78, 5) is 10.9. The molecular weight excluding hydrogens is 282 g/mol. The van der Waals surface area contributed by atoms with Gasteiger partial charge in [-0.2, -0.15) is 5.10 Å². The van der Waals surface area contributed by atoms with Crippen molar-refractivity contribution in [1.82, 2.24) is 9.78 Å². The van der Waals surface area contributed by atoms with E-state index in [0.717, 1.165) is 0 Å². The van der Waals surface area contributed by atoms with Gasteiger partial charge in [-0.25, -0.2) is 8.42 Å². The van der Waals surface area contributed by atoms with Crippen LogP contribution in [0.5, 0.6) is 0 Å². The van der Waals surface area contributed by atoms with Crippen molar-refractivity contribution in [2.45, 2.75) is 4.90 Å².